The van der Waals surface area contributed by atoms with Crippen molar-refractivity contribution >= 4 is 15.7 Å². The number of nitrogens with zero attached hydrogens (tertiary/aromatic N) is 1. The smallest absolute Gasteiger partial charge is 0.243 e. The van der Waals surface area contributed by atoms with E-state index in [1.54, 1.807) is 6.07 Å². The van der Waals surface area contributed by atoms with E-state index in [-0.39, 0.29) is 12.0 Å². The Balaban J connectivity index is 1.46. The lowest BCUT2D eigenvalue weighted by atomic mass is 9.77. The zero-order chi connectivity index (χ0) is 21.4. The normalized spacial score (nSPS) is 25.5. The summed E-state index contributed by atoms with van der Waals surface area (Å²) in [5.74, 6) is 1.43. The molecule has 3 atom stereocenters. The summed E-state index contributed by atoms with van der Waals surface area (Å²) in [6.07, 6.45) is 5.42. The summed E-state index contributed by atoms with van der Waals surface area (Å²) < 4.78 is 38.7. The molecule has 2 aliphatic heterocycles. The van der Waals surface area contributed by atoms with Gasteiger partial charge >= 0.3 is 0 Å². The van der Waals surface area contributed by atoms with Crippen LogP contribution < -0.4 is 10.1 Å². The van der Waals surface area contributed by atoms with Gasteiger partial charge in [-0.3, -0.25) is 0 Å². The zero-order valence-corrected chi connectivity index (χ0v) is 18.5. The molecule has 0 saturated carbocycles. The van der Waals surface area contributed by atoms with Gasteiger partial charge in [0.05, 0.1) is 30.8 Å². The molecule has 0 radical (unpaired) electrons. The first-order chi connectivity index (χ1) is 15.1. The maximum atomic E-state index is 13.2. The van der Waals surface area contributed by atoms with Gasteiger partial charge in [0.1, 0.15) is 5.75 Å². The third kappa shape index (κ3) is 3.75. The van der Waals surface area contributed by atoms with Crippen LogP contribution in [0.2, 0.25) is 0 Å². The molecule has 1 fully saturated rings. The minimum atomic E-state index is -3.51. The van der Waals surface area contributed by atoms with Crippen molar-refractivity contribution in [1.82, 2.24) is 4.31 Å². The highest BCUT2D eigenvalue weighted by atomic mass is 32.2. The second-order valence-corrected chi connectivity index (χ2v) is 10.2. The van der Waals surface area contributed by atoms with Gasteiger partial charge in [-0.05, 0) is 60.7 Å². The molecule has 2 aromatic carbocycles. The average molecular weight is 441 g/mol. The van der Waals surface area contributed by atoms with Crippen LogP contribution in [-0.2, 0) is 14.8 Å². The SMILES string of the molecule is CCOc1ccc(C2Nc3ccc(S(=O)(=O)N4CCOCC4)cc3C3C=CCC32)cc1. The van der Waals surface area contributed by atoms with Crippen molar-refractivity contribution in [3.05, 3.63) is 65.7 Å². The van der Waals surface area contributed by atoms with Crippen LogP contribution in [0, 0.1) is 5.92 Å². The lowest BCUT2D eigenvalue weighted by Gasteiger charge is -2.38. The Morgan fingerprint density at radius 3 is 2.65 bits per heavy atom. The molecule has 2 heterocycles. The molecule has 3 aliphatic rings. The summed E-state index contributed by atoms with van der Waals surface area (Å²) in [7, 11) is -3.51. The van der Waals surface area contributed by atoms with Crippen LogP contribution >= 0.6 is 0 Å². The molecule has 31 heavy (non-hydrogen) atoms. The Morgan fingerprint density at radius 2 is 1.90 bits per heavy atom. The second-order valence-electron chi connectivity index (χ2n) is 8.24. The Bertz CT molecular complexity index is 1080. The summed E-state index contributed by atoms with van der Waals surface area (Å²) in [6, 6.07) is 14.0. The molecule has 0 spiro atoms. The van der Waals surface area contributed by atoms with Gasteiger partial charge in [0, 0.05) is 24.7 Å². The number of morpholine rings is 1. The van der Waals surface area contributed by atoms with Crippen molar-refractivity contribution in [2.45, 2.75) is 30.2 Å². The highest BCUT2D eigenvalue weighted by Crippen LogP contribution is 2.50. The third-order valence-corrected chi connectivity index (χ3v) is 8.39. The fourth-order valence-electron chi connectivity index (χ4n) is 4.94. The second kappa shape index (κ2) is 8.30. The molecule has 0 amide bonds. The molecule has 7 heteroatoms. The van der Waals surface area contributed by atoms with Crippen molar-refractivity contribution < 1.29 is 17.9 Å². The predicted molar refractivity (Wildman–Crippen MR) is 120 cm³/mol. The van der Waals surface area contributed by atoms with Crippen molar-refractivity contribution in [2.24, 2.45) is 5.92 Å². The van der Waals surface area contributed by atoms with Crippen molar-refractivity contribution in [3.63, 3.8) is 0 Å². The molecule has 3 unspecified atom stereocenters. The number of ether oxygens (including phenoxy) is 2. The Morgan fingerprint density at radius 1 is 1.13 bits per heavy atom. The van der Waals surface area contributed by atoms with E-state index in [2.05, 4.69) is 29.6 Å². The Labute approximate surface area is 183 Å². The number of nitrogens with one attached hydrogen (secondary N) is 1. The van der Waals surface area contributed by atoms with Gasteiger partial charge in [-0.15, -0.1) is 0 Å². The van der Waals surface area contributed by atoms with Crippen LogP contribution in [0.1, 0.15) is 36.4 Å². The Kier molecular flexibility index (Phi) is 5.50. The lowest BCUT2D eigenvalue weighted by molar-refractivity contribution is 0.0730. The van der Waals surface area contributed by atoms with Crippen molar-refractivity contribution in [1.29, 1.82) is 0 Å². The van der Waals surface area contributed by atoms with Gasteiger partial charge in [-0.25, -0.2) is 8.42 Å². The molecule has 164 valence electrons. The first-order valence-corrected chi connectivity index (χ1v) is 12.4. The quantitative estimate of drug-likeness (QED) is 0.714. The first kappa shape index (κ1) is 20.5. The topological polar surface area (TPSA) is 67.9 Å². The number of hydrogen-bond donors (Lipinski definition) is 1. The fourth-order valence-corrected chi connectivity index (χ4v) is 6.38. The fraction of sp³-hybridized carbons (Fsp3) is 0.417. The monoisotopic (exact) mass is 440 g/mol. The number of fused-ring (bicyclic) bond motifs is 3. The van der Waals surface area contributed by atoms with E-state index in [4.69, 9.17) is 9.47 Å². The molecule has 1 N–H and O–H groups in total. The molecule has 6 nitrogen and oxygen atoms in total. The van der Waals surface area contributed by atoms with Crippen LogP contribution in [0.5, 0.6) is 5.75 Å². The van der Waals surface area contributed by atoms with Crippen molar-refractivity contribution in [3.8, 4) is 5.75 Å². The van der Waals surface area contributed by atoms with E-state index in [0.717, 1.165) is 23.4 Å². The molecule has 0 bridgehead atoms. The maximum absolute atomic E-state index is 13.2. The van der Waals surface area contributed by atoms with Crippen LogP contribution in [0.3, 0.4) is 0 Å². The van der Waals surface area contributed by atoms with Crippen LogP contribution in [0.25, 0.3) is 0 Å². The standard InChI is InChI=1S/C24H28N2O4S/c1-2-30-18-8-6-17(7-9-18)24-21-5-3-4-20(21)22-16-19(10-11-23(22)25-24)31(27,28)26-12-14-29-15-13-26/h3-4,6-11,16,20-21,24-25H,2,5,12-15H2,1H3. The Hall–Kier alpha value is -2.35. The minimum Gasteiger partial charge on any atom is -0.494 e. The van der Waals surface area contributed by atoms with Gasteiger partial charge in [-0.1, -0.05) is 24.3 Å². The number of rotatable bonds is 5. The van der Waals surface area contributed by atoms with E-state index < -0.39 is 10.0 Å². The van der Waals surface area contributed by atoms with E-state index in [0.29, 0.717) is 43.7 Å². The maximum Gasteiger partial charge on any atom is 0.243 e. The van der Waals surface area contributed by atoms with Gasteiger partial charge in [0.2, 0.25) is 10.0 Å². The number of hydrogen-bond acceptors (Lipinski definition) is 5. The molecule has 2 aromatic rings. The van der Waals surface area contributed by atoms with Crippen LogP contribution in [-0.4, -0.2) is 45.6 Å². The zero-order valence-electron chi connectivity index (χ0n) is 17.7. The molecule has 5 rings (SSSR count). The van der Waals surface area contributed by atoms with Crippen LogP contribution in [0.15, 0.2) is 59.5 Å². The minimum absolute atomic E-state index is 0.171. The molecule has 1 saturated heterocycles. The number of benzene rings is 2. The van der Waals surface area contributed by atoms with Gasteiger partial charge in [0.25, 0.3) is 0 Å². The number of allylic oxidation sites excluding steroid dienone is 2. The summed E-state index contributed by atoms with van der Waals surface area (Å²) in [5.41, 5.74) is 3.29. The van der Waals surface area contributed by atoms with E-state index in [1.165, 1.54) is 9.87 Å². The highest BCUT2D eigenvalue weighted by molar-refractivity contribution is 7.89. The predicted octanol–water partition coefficient (Wildman–Crippen LogP) is 3.93. The van der Waals surface area contributed by atoms with E-state index >= 15 is 0 Å². The summed E-state index contributed by atoms with van der Waals surface area (Å²) in [5, 5.41) is 3.69. The number of sulfonamides is 1. The average Bonchev–Trinajstić information content (AvgIpc) is 3.30. The number of anilines is 1. The van der Waals surface area contributed by atoms with Crippen LogP contribution in [0.4, 0.5) is 5.69 Å². The van der Waals surface area contributed by atoms with E-state index in [9.17, 15) is 8.42 Å². The lowest BCUT2D eigenvalue weighted by Crippen LogP contribution is -2.40. The largest absolute Gasteiger partial charge is 0.494 e. The molecular formula is C24H28N2O4S. The first-order valence-electron chi connectivity index (χ1n) is 11.0. The molecule has 0 aromatic heterocycles. The third-order valence-electron chi connectivity index (χ3n) is 6.49. The van der Waals surface area contributed by atoms with Gasteiger partial charge < -0.3 is 14.8 Å². The highest BCUT2D eigenvalue weighted by Gasteiger charge is 2.39. The van der Waals surface area contributed by atoms with Gasteiger partial charge in [-0.2, -0.15) is 4.31 Å². The summed E-state index contributed by atoms with van der Waals surface area (Å²) in [4.78, 5) is 0.369. The molecular weight excluding hydrogens is 412 g/mol. The van der Waals surface area contributed by atoms with E-state index in [1.807, 2.05) is 31.2 Å². The summed E-state index contributed by atoms with van der Waals surface area (Å²) >= 11 is 0. The molecule has 1 aliphatic carbocycles. The van der Waals surface area contributed by atoms with Crippen molar-refractivity contribution in [2.75, 3.05) is 38.2 Å². The summed E-state index contributed by atoms with van der Waals surface area (Å²) in [6.45, 7) is 4.34. The van der Waals surface area contributed by atoms with Gasteiger partial charge in [0.15, 0.2) is 0 Å².